The van der Waals surface area contributed by atoms with Gasteiger partial charge in [0.1, 0.15) is 0 Å². The maximum atomic E-state index is 11.0. The molecule has 0 bridgehead atoms. The van der Waals surface area contributed by atoms with E-state index in [2.05, 4.69) is 29.5 Å². The van der Waals surface area contributed by atoms with Crippen LogP contribution in [0.25, 0.3) is 0 Å². The Labute approximate surface area is 118 Å². The van der Waals surface area contributed by atoms with E-state index in [1.54, 1.807) is 11.8 Å². The number of hydrogen-bond acceptors (Lipinski definition) is 4. The van der Waals surface area contributed by atoms with Gasteiger partial charge in [-0.05, 0) is 31.5 Å². The van der Waals surface area contributed by atoms with Crippen molar-refractivity contribution in [1.29, 1.82) is 0 Å². The van der Waals surface area contributed by atoms with E-state index in [4.69, 9.17) is 0 Å². The highest BCUT2D eigenvalue weighted by molar-refractivity contribution is 8.14. The molecule has 2 unspecified atom stereocenters. The lowest BCUT2D eigenvalue weighted by atomic mass is 10.2. The second kappa shape index (κ2) is 6.10. The van der Waals surface area contributed by atoms with Crippen LogP contribution >= 0.6 is 11.8 Å². The Kier molecular flexibility index (Phi) is 4.47. The number of amides is 1. The van der Waals surface area contributed by atoms with E-state index in [0.717, 1.165) is 23.0 Å². The van der Waals surface area contributed by atoms with E-state index in [9.17, 15) is 4.79 Å². The normalized spacial score (nSPS) is 22.6. The number of carbonyl (C=O) groups excluding carboxylic acids is 1. The lowest BCUT2D eigenvalue weighted by Crippen LogP contribution is -2.22. The predicted molar refractivity (Wildman–Crippen MR) is 82.9 cm³/mol. The highest BCUT2D eigenvalue weighted by atomic mass is 32.2. The van der Waals surface area contributed by atoms with E-state index < -0.39 is 0 Å². The molecule has 1 amide bonds. The first-order valence-electron chi connectivity index (χ1n) is 6.42. The lowest BCUT2D eigenvalue weighted by molar-refractivity contribution is -0.114. The number of nitrogens with zero attached hydrogens (tertiary/aromatic N) is 1. The molecule has 19 heavy (non-hydrogen) atoms. The highest BCUT2D eigenvalue weighted by Crippen LogP contribution is 2.26. The van der Waals surface area contributed by atoms with Gasteiger partial charge in [0.15, 0.2) is 5.17 Å². The average Bonchev–Trinajstić information content (AvgIpc) is 2.26. The van der Waals surface area contributed by atoms with Gasteiger partial charge in [0.05, 0.1) is 6.04 Å². The van der Waals surface area contributed by atoms with Crippen molar-refractivity contribution in [2.45, 2.75) is 38.5 Å². The molecule has 1 aliphatic rings. The first-order chi connectivity index (χ1) is 9.02. The molecule has 1 aromatic carbocycles. The number of aliphatic imine (C=N–C) groups is 1. The summed E-state index contributed by atoms with van der Waals surface area (Å²) in [4.78, 5) is 15.6. The summed E-state index contributed by atoms with van der Waals surface area (Å²) < 4.78 is 0. The van der Waals surface area contributed by atoms with Crippen LogP contribution in [0.5, 0.6) is 0 Å². The van der Waals surface area contributed by atoms with E-state index >= 15 is 0 Å². The third-order valence-electron chi connectivity index (χ3n) is 2.76. The van der Waals surface area contributed by atoms with Gasteiger partial charge in [0.25, 0.3) is 0 Å². The highest BCUT2D eigenvalue weighted by Gasteiger charge is 2.18. The van der Waals surface area contributed by atoms with Gasteiger partial charge >= 0.3 is 0 Å². The van der Waals surface area contributed by atoms with Gasteiger partial charge in [-0.1, -0.05) is 24.8 Å². The van der Waals surface area contributed by atoms with Crippen LogP contribution < -0.4 is 10.6 Å². The van der Waals surface area contributed by atoms with E-state index in [1.165, 1.54) is 6.92 Å². The van der Waals surface area contributed by atoms with Crippen molar-refractivity contribution < 1.29 is 4.79 Å². The summed E-state index contributed by atoms with van der Waals surface area (Å²) in [6, 6.07) is 8.02. The van der Waals surface area contributed by atoms with E-state index in [1.807, 2.05) is 24.3 Å². The topological polar surface area (TPSA) is 53.5 Å². The minimum atomic E-state index is -0.0659. The number of benzene rings is 1. The molecule has 0 spiro atoms. The van der Waals surface area contributed by atoms with Crippen molar-refractivity contribution in [2.24, 2.45) is 4.99 Å². The standard InChI is InChI=1S/C14H19N3OS/c1-9-7-10(2)19-14(15-9)17-13-6-4-5-12(8-13)16-11(3)18/h4-6,8-10H,7H2,1-3H3,(H,15,17)(H,16,18). The molecule has 0 saturated heterocycles. The molecular weight excluding hydrogens is 258 g/mol. The van der Waals surface area contributed by atoms with Crippen LogP contribution in [-0.4, -0.2) is 22.4 Å². The fraction of sp³-hybridized carbons (Fsp3) is 0.429. The minimum Gasteiger partial charge on any atom is -0.335 e. The zero-order valence-corrected chi connectivity index (χ0v) is 12.3. The second-order valence-electron chi connectivity index (χ2n) is 4.83. The molecule has 0 saturated carbocycles. The Morgan fingerprint density at radius 2 is 2.11 bits per heavy atom. The number of anilines is 2. The maximum absolute atomic E-state index is 11.0. The molecule has 1 aromatic rings. The van der Waals surface area contributed by atoms with Crippen LogP contribution in [-0.2, 0) is 4.79 Å². The monoisotopic (exact) mass is 277 g/mol. The smallest absolute Gasteiger partial charge is 0.221 e. The number of hydrogen-bond donors (Lipinski definition) is 2. The van der Waals surface area contributed by atoms with Crippen molar-refractivity contribution >= 4 is 34.2 Å². The third-order valence-corrected chi connectivity index (χ3v) is 3.78. The summed E-state index contributed by atoms with van der Waals surface area (Å²) in [5.74, 6) is -0.0659. The fourth-order valence-electron chi connectivity index (χ4n) is 2.07. The SMILES string of the molecule is CC(=O)Nc1cccc(NC2=NC(C)CC(C)S2)c1. The summed E-state index contributed by atoms with van der Waals surface area (Å²) in [5.41, 5.74) is 1.74. The van der Waals surface area contributed by atoms with Crippen LogP contribution in [0.2, 0.25) is 0 Å². The van der Waals surface area contributed by atoms with Gasteiger partial charge in [0, 0.05) is 23.5 Å². The Morgan fingerprint density at radius 3 is 2.79 bits per heavy atom. The quantitative estimate of drug-likeness (QED) is 0.872. The van der Waals surface area contributed by atoms with E-state index in [-0.39, 0.29) is 5.91 Å². The Hall–Kier alpha value is -1.49. The van der Waals surface area contributed by atoms with Crippen molar-refractivity contribution in [1.82, 2.24) is 0 Å². The summed E-state index contributed by atoms with van der Waals surface area (Å²) in [6.45, 7) is 5.85. The zero-order valence-electron chi connectivity index (χ0n) is 11.4. The van der Waals surface area contributed by atoms with Gasteiger partial charge < -0.3 is 10.6 Å². The molecule has 2 N–H and O–H groups in total. The first kappa shape index (κ1) is 13.9. The first-order valence-corrected chi connectivity index (χ1v) is 7.30. The van der Waals surface area contributed by atoms with Gasteiger partial charge in [0.2, 0.25) is 5.91 Å². The molecular formula is C14H19N3OS. The minimum absolute atomic E-state index is 0.0659. The second-order valence-corrected chi connectivity index (χ2v) is 6.26. The predicted octanol–water partition coefficient (Wildman–Crippen LogP) is 3.33. The zero-order chi connectivity index (χ0) is 13.8. The Bertz CT molecular complexity index is 501. The third kappa shape index (κ3) is 4.28. The molecule has 1 aliphatic heterocycles. The van der Waals surface area contributed by atoms with Crippen molar-refractivity contribution in [2.75, 3.05) is 10.6 Å². The molecule has 0 fully saturated rings. The number of carbonyl (C=O) groups is 1. The van der Waals surface area contributed by atoms with Crippen LogP contribution in [0.3, 0.4) is 0 Å². The summed E-state index contributed by atoms with van der Waals surface area (Å²) in [5, 5.41) is 7.62. The Balaban J connectivity index is 2.08. The molecule has 2 atom stereocenters. The lowest BCUT2D eigenvalue weighted by Gasteiger charge is -2.23. The number of thioether (sulfide) groups is 1. The van der Waals surface area contributed by atoms with E-state index in [0.29, 0.717) is 11.3 Å². The van der Waals surface area contributed by atoms with Crippen LogP contribution in [0.1, 0.15) is 27.2 Å². The molecule has 4 nitrogen and oxygen atoms in total. The number of nitrogens with one attached hydrogen (secondary N) is 2. The summed E-state index contributed by atoms with van der Waals surface area (Å²) >= 11 is 1.76. The van der Waals surface area contributed by atoms with Crippen LogP contribution in [0.4, 0.5) is 11.4 Å². The van der Waals surface area contributed by atoms with Crippen molar-refractivity contribution in [3.8, 4) is 0 Å². The molecule has 0 aromatic heterocycles. The molecule has 0 aliphatic carbocycles. The number of amidine groups is 1. The fourth-order valence-corrected chi connectivity index (χ4v) is 3.24. The van der Waals surface area contributed by atoms with Crippen LogP contribution in [0.15, 0.2) is 29.3 Å². The van der Waals surface area contributed by atoms with Crippen molar-refractivity contribution in [3.63, 3.8) is 0 Å². The average molecular weight is 277 g/mol. The molecule has 2 rings (SSSR count). The molecule has 5 heteroatoms. The van der Waals surface area contributed by atoms with Gasteiger partial charge in [-0.15, -0.1) is 0 Å². The van der Waals surface area contributed by atoms with Gasteiger partial charge in [-0.25, -0.2) is 0 Å². The van der Waals surface area contributed by atoms with Crippen LogP contribution in [0, 0.1) is 0 Å². The largest absolute Gasteiger partial charge is 0.335 e. The Morgan fingerprint density at radius 1 is 1.37 bits per heavy atom. The molecule has 1 heterocycles. The van der Waals surface area contributed by atoms with Crippen molar-refractivity contribution in [3.05, 3.63) is 24.3 Å². The molecule has 0 radical (unpaired) electrons. The van der Waals surface area contributed by atoms with Gasteiger partial charge in [-0.3, -0.25) is 9.79 Å². The molecule has 102 valence electrons. The summed E-state index contributed by atoms with van der Waals surface area (Å²) in [6.07, 6.45) is 1.11. The van der Waals surface area contributed by atoms with Gasteiger partial charge in [-0.2, -0.15) is 0 Å². The number of rotatable bonds is 2. The summed E-state index contributed by atoms with van der Waals surface area (Å²) in [7, 11) is 0. The maximum Gasteiger partial charge on any atom is 0.221 e.